The third kappa shape index (κ3) is 6.56. The van der Waals surface area contributed by atoms with E-state index in [1.165, 1.54) is 12.1 Å². The standard InChI is InChI=1S/C16H25N3O4S.ClH/c1-12(9-17)16(20)18-10-13-4-6-15(7-5-13)24(21,22)19-11-14-3-2-8-23-14;/h4-7,12,14,19H,2-3,8-11,17H2,1H3,(H,18,20);1H. The van der Waals surface area contributed by atoms with Crippen LogP contribution in [0.1, 0.15) is 25.3 Å². The summed E-state index contributed by atoms with van der Waals surface area (Å²) >= 11 is 0. The number of ether oxygens (including phenoxy) is 1. The molecule has 0 radical (unpaired) electrons. The van der Waals surface area contributed by atoms with Crippen LogP contribution >= 0.6 is 12.4 Å². The molecule has 1 aromatic carbocycles. The molecule has 1 heterocycles. The molecular formula is C16H26ClN3O4S. The lowest BCUT2D eigenvalue weighted by Gasteiger charge is -2.12. The van der Waals surface area contributed by atoms with Gasteiger partial charge in [-0.15, -0.1) is 12.4 Å². The summed E-state index contributed by atoms with van der Waals surface area (Å²) in [5.74, 6) is -0.362. The molecule has 1 saturated heterocycles. The number of hydrogen-bond donors (Lipinski definition) is 3. The molecule has 142 valence electrons. The third-order valence-corrected chi connectivity index (χ3v) is 5.47. The van der Waals surface area contributed by atoms with E-state index in [9.17, 15) is 13.2 Å². The zero-order chi connectivity index (χ0) is 17.6. The van der Waals surface area contributed by atoms with Gasteiger partial charge in [-0.3, -0.25) is 4.79 Å². The minimum Gasteiger partial charge on any atom is -0.377 e. The number of carbonyl (C=O) groups excluding carboxylic acids is 1. The lowest BCUT2D eigenvalue weighted by molar-refractivity contribution is -0.124. The number of benzene rings is 1. The second-order valence-electron chi connectivity index (χ2n) is 5.99. The van der Waals surface area contributed by atoms with Gasteiger partial charge in [0.05, 0.1) is 11.0 Å². The van der Waals surface area contributed by atoms with Crippen molar-refractivity contribution in [3.63, 3.8) is 0 Å². The fourth-order valence-electron chi connectivity index (χ4n) is 2.35. The van der Waals surface area contributed by atoms with Crippen LogP contribution in [0.5, 0.6) is 0 Å². The Morgan fingerprint density at radius 2 is 2.04 bits per heavy atom. The maximum atomic E-state index is 12.2. The lowest BCUT2D eigenvalue weighted by atomic mass is 10.1. The van der Waals surface area contributed by atoms with Gasteiger partial charge in [0.2, 0.25) is 15.9 Å². The van der Waals surface area contributed by atoms with Crippen LogP contribution in [0, 0.1) is 5.92 Å². The van der Waals surface area contributed by atoms with E-state index in [4.69, 9.17) is 10.5 Å². The summed E-state index contributed by atoms with van der Waals surface area (Å²) in [7, 11) is -3.55. The van der Waals surface area contributed by atoms with Gasteiger partial charge in [-0.1, -0.05) is 19.1 Å². The smallest absolute Gasteiger partial charge is 0.240 e. The SMILES string of the molecule is CC(CN)C(=O)NCc1ccc(S(=O)(=O)NCC2CCCO2)cc1.Cl. The van der Waals surface area contributed by atoms with Crippen LogP contribution in [-0.2, 0) is 26.1 Å². The second kappa shape index (κ2) is 10.1. The number of rotatable bonds is 8. The summed E-state index contributed by atoms with van der Waals surface area (Å²) in [6.45, 7) is 3.36. The molecule has 0 spiro atoms. The van der Waals surface area contributed by atoms with Gasteiger partial charge in [0.25, 0.3) is 0 Å². The van der Waals surface area contributed by atoms with Gasteiger partial charge in [0.1, 0.15) is 0 Å². The molecule has 1 fully saturated rings. The van der Waals surface area contributed by atoms with E-state index in [1.807, 2.05) is 0 Å². The summed E-state index contributed by atoms with van der Waals surface area (Å²) in [4.78, 5) is 11.9. The Kier molecular flexibility index (Phi) is 8.81. The number of carbonyl (C=O) groups is 1. The largest absolute Gasteiger partial charge is 0.377 e. The van der Waals surface area contributed by atoms with Crippen molar-refractivity contribution in [1.29, 1.82) is 0 Å². The minimum atomic E-state index is -3.55. The first kappa shape index (κ1) is 21.9. The normalized spacial score (nSPS) is 18.4. The lowest BCUT2D eigenvalue weighted by Crippen LogP contribution is -2.33. The summed E-state index contributed by atoms with van der Waals surface area (Å²) in [5.41, 5.74) is 6.26. The summed E-state index contributed by atoms with van der Waals surface area (Å²) < 4.78 is 32.5. The molecule has 1 aliphatic heterocycles. The van der Waals surface area contributed by atoms with Gasteiger partial charge >= 0.3 is 0 Å². The van der Waals surface area contributed by atoms with Crippen molar-refractivity contribution < 1.29 is 17.9 Å². The highest BCUT2D eigenvalue weighted by Crippen LogP contribution is 2.14. The van der Waals surface area contributed by atoms with Crippen LogP contribution in [0.2, 0.25) is 0 Å². The Bertz CT molecular complexity index is 646. The predicted molar refractivity (Wildman–Crippen MR) is 97.9 cm³/mol. The zero-order valence-electron chi connectivity index (χ0n) is 14.2. The first-order valence-corrected chi connectivity index (χ1v) is 9.58. The summed E-state index contributed by atoms with van der Waals surface area (Å²) in [6.07, 6.45) is 1.80. The van der Waals surface area contributed by atoms with E-state index >= 15 is 0 Å². The van der Waals surface area contributed by atoms with Crippen LogP contribution < -0.4 is 15.8 Å². The van der Waals surface area contributed by atoms with E-state index < -0.39 is 10.0 Å². The zero-order valence-corrected chi connectivity index (χ0v) is 15.9. The minimum absolute atomic E-state index is 0. The van der Waals surface area contributed by atoms with E-state index in [0.29, 0.717) is 19.7 Å². The van der Waals surface area contributed by atoms with Crippen molar-refractivity contribution >= 4 is 28.3 Å². The Labute approximate surface area is 155 Å². The number of halogens is 1. The highest BCUT2D eigenvalue weighted by Gasteiger charge is 2.20. The summed E-state index contributed by atoms with van der Waals surface area (Å²) in [5, 5.41) is 2.77. The van der Waals surface area contributed by atoms with Crippen LogP contribution in [0.15, 0.2) is 29.2 Å². The molecule has 0 bridgehead atoms. The molecule has 2 rings (SSSR count). The maximum Gasteiger partial charge on any atom is 0.240 e. The molecule has 4 N–H and O–H groups in total. The monoisotopic (exact) mass is 391 g/mol. The van der Waals surface area contributed by atoms with Gasteiger partial charge in [-0.2, -0.15) is 0 Å². The molecule has 0 saturated carbocycles. The van der Waals surface area contributed by atoms with Crippen molar-refractivity contribution in [3.05, 3.63) is 29.8 Å². The number of hydrogen-bond acceptors (Lipinski definition) is 5. The predicted octanol–water partition coefficient (Wildman–Crippen LogP) is 0.777. The van der Waals surface area contributed by atoms with Crippen molar-refractivity contribution in [2.24, 2.45) is 11.7 Å². The molecule has 2 atom stereocenters. The van der Waals surface area contributed by atoms with Gasteiger partial charge in [-0.25, -0.2) is 13.1 Å². The Hall–Kier alpha value is -1.19. The molecular weight excluding hydrogens is 366 g/mol. The molecule has 2 unspecified atom stereocenters. The third-order valence-electron chi connectivity index (χ3n) is 4.03. The molecule has 0 aliphatic carbocycles. The first-order valence-electron chi connectivity index (χ1n) is 8.10. The van der Waals surface area contributed by atoms with E-state index in [2.05, 4.69) is 10.0 Å². The molecule has 0 aromatic heterocycles. The van der Waals surface area contributed by atoms with Gasteiger partial charge < -0.3 is 15.8 Å². The average Bonchev–Trinajstić information content (AvgIpc) is 3.11. The Balaban J connectivity index is 0.00000312. The number of nitrogens with two attached hydrogens (primary N) is 1. The quantitative estimate of drug-likeness (QED) is 0.606. The van der Waals surface area contributed by atoms with Gasteiger partial charge in [0.15, 0.2) is 0 Å². The van der Waals surface area contributed by atoms with E-state index in [0.717, 1.165) is 18.4 Å². The number of nitrogens with one attached hydrogen (secondary N) is 2. The fourth-order valence-corrected chi connectivity index (χ4v) is 3.41. The van der Waals surface area contributed by atoms with Crippen LogP contribution in [0.25, 0.3) is 0 Å². The van der Waals surface area contributed by atoms with Crippen LogP contribution in [0.3, 0.4) is 0 Å². The van der Waals surface area contributed by atoms with Crippen LogP contribution in [-0.4, -0.2) is 40.1 Å². The second-order valence-corrected chi connectivity index (χ2v) is 7.75. The van der Waals surface area contributed by atoms with Crippen LogP contribution in [0.4, 0.5) is 0 Å². The Morgan fingerprint density at radius 1 is 1.36 bits per heavy atom. The molecule has 25 heavy (non-hydrogen) atoms. The molecule has 1 amide bonds. The van der Waals surface area contributed by atoms with Crippen molar-refractivity contribution in [3.8, 4) is 0 Å². The highest BCUT2D eigenvalue weighted by atomic mass is 35.5. The Morgan fingerprint density at radius 3 is 2.60 bits per heavy atom. The maximum absolute atomic E-state index is 12.2. The molecule has 1 aromatic rings. The topological polar surface area (TPSA) is 111 Å². The molecule has 9 heteroatoms. The fraction of sp³-hybridized carbons (Fsp3) is 0.562. The van der Waals surface area contributed by atoms with Crippen molar-refractivity contribution in [1.82, 2.24) is 10.0 Å². The summed E-state index contributed by atoms with van der Waals surface area (Å²) in [6, 6.07) is 6.44. The molecule has 1 aliphatic rings. The van der Waals surface area contributed by atoms with Crippen molar-refractivity contribution in [2.75, 3.05) is 19.7 Å². The molecule has 7 nitrogen and oxygen atoms in total. The highest BCUT2D eigenvalue weighted by molar-refractivity contribution is 7.89. The van der Waals surface area contributed by atoms with E-state index in [-0.39, 0.29) is 41.8 Å². The van der Waals surface area contributed by atoms with E-state index in [1.54, 1.807) is 19.1 Å². The van der Waals surface area contributed by atoms with Gasteiger partial charge in [0, 0.05) is 32.2 Å². The van der Waals surface area contributed by atoms with Gasteiger partial charge in [-0.05, 0) is 30.5 Å². The number of sulfonamides is 1. The van der Waals surface area contributed by atoms with Crippen molar-refractivity contribution in [2.45, 2.75) is 37.3 Å². The number of amides is 1. The average molecular weight is 392 g/mol. The first-order chi connectivity index (χ1) is 11.4.